The topological polar surface area (TPSA) is 147 Å². The third kappa shape index (κ3) is 4.36. The van der Waals surface area contributed by atoms with Crippen LogP contribution in [0.15, 0.2) is 45.3 Å². The van der Waals surface area contributed by atoms with E-state index in [1.54, 1.807) is 6.20 Å². The number of benzene rings is 1. The molecule has 1 aromatic heterocycles. The third-order valence-electron chi connectivity index (χ3n) is 5.74. The Morgan fingerprint density at radius 3 is 3.00 bits per heavy atom. The van der Waals surface area contributed by atoms with Gasteiger partial charge in [-0.2, -0.15) is 0 Å². The van der Waals surface area contributed by atoms with Gasteiger partial charge in [0, 0.05) is 29.2 Å². The number of hydrogen-bond acceptors (Lipinski definition) is 7. The van der Waals surface area contributed by atoms with Crippen LogP contribution in [0.2, 0.25) is 0 Å². The normalized spacial score (nSPS) is 27.6. The average Bonchev–Trinajstić information content (AvgIpc) is 3.14. The van der Waals surface area contributed by atoms with Crippen LogP contribution in [0.4, 0.5) is 5.69 Å². The molecule has 4 rings (SSSR count). The first-order valence-electron chi connectivity index (χ1n) is 10.1. The number of aliphatic hydroxyl groups is 1. The average molecular weight is 399 g/mol. The molecule has 8 N–H and O–H groups in total. The smallest absolute Gasteiger partial charge is 0.197 e. The predicted molar refractivity (Wildman–Crippen MR) is 113 cm³/mol. The summed E-state index contributed by atoms with van der Waals surface area (Å²) in [6.45, 7) is 2.61. The van der Waals surface area contributed by atoms with E-state index in [0.29, 0.717) is 35.4 Å². The van der Waals surface area contributed by atoms with E-state index in [9.17, 15) is 5.11 Å². The minimum atomic E-state index is -1.11. The zero-order valence-electron chi connectivity index (χ0n) is 16.6. The first-order chi connectivity index (χ1) is 14.0. The number of nitrogens with two attached hydrogens (primary N) is 2. The molecule has 29 heavy (non-hydrogen) atoms. The Hall–Kier alpha value is -2.62. The van der Waals surface area contributed by atoms with Crippen molar-refractivity contribution >= 4 is 22.6 Å². The summed E-state index contributed by atoms with van der Waals surface area (Å²) in [5.74, 6) is 1.66. The molecule has 1 aliphatic heterocycles. The van der Waals surface area contributed by atoms with Crippen LogP contribution in [-0.4, -0.2) is 41.1 Å². The number of rotatable bonds is 5. The molecule has 9 nitrogen and oxygen atoms in total. The van der Waals surface area contributed by atoms with Crippen molar-refractivity contribution in [3.63, 3.8) is 0 Å². The van der Waals surface area contributed by atoms with E-state index in [4.69, 9.17) is 21.0 Å². The molecule has 4 atom stereocenters. The van der Waals surface area contributed by atoms with Crippen molar-refractivity contribution < 1.29 is 9.63 Å². The number of aliphatic hydroxyl groups excluding tert-OH is 1. The van der Waals surface area contributed by atoms with E-state index in [1.165, 1.54) is 12.8 Å². The minimum absolute atomic E-state index is 0.183. The number of nitrogens with one attached hydrogen (secondary N) is 3. The summed E-state index contributed by atoms with van der Waals surface area (Å²) in [5, 5.41) is 24.6. The Bertz CT molecular complexity index is 920. The van der Waals surface area contributed by atoms with Crippen LogP contribution in [0.25, 0.3) is 11.0 Å². The molecule has 9 heteroatoms. The molecular weight excluding hydrogens is 370 g/mol. The van der Waals surface area contributed by atoms with Crippen molar-refractivity contribution in [1.82, 2.24) is 15.8 Å². The summed E-state index contributed by atoms with van der Waals surface area (Å²) in [6, 6.07) is 5.67. The molecule has 0 radical (unpaired) electrons. The molecule has 0 spiro atoms. The zero-order chi connectivity index (χ0) is 20.4. The SMILES string of the molecule is CC1NC(=NC[C@@H]2CCCC[C@@H]2N)NC(Nc2ccc3oncc3c2)=C1C(N)O. The van der Waals surface area contributed by atoms with Gasteiger partial charge in [-0.25, -0.2) is 0 Å². The van der Waals surface area contributed by atoms with Crippen molar-refractivity contribution in [1.29, 1.82) is 0 Å². The maximum atomic E-state index is 10.1. The van der Waals surface area contributed by atoms with Crippen molar-refractivity contribution in [2.75, 3.05) is 11.9 Å². The second-order valence-corrected chi connectivity index (χ2v) is 7.87. The first-order valence-corrected chi connectivity index (χ1v) is 10.1. The number of anilines is 1. The van der Waals surface area contributed by atoms with Gasteiger partial charge >= 0.3 is 0 Å². The quantitative estimate of drug-likeness (QED) is 0.411. The highest BCUT2D eigenvalue weighted by molar-refractivity contribution is 5.85. The van der Waals surface area contributed by atoms with Crippen molar-refractivity contribution in [3.8, 4) is 0 Å². The number of nitrogens with zero attached hydrogens (tertiary/aromatic N) is 2. The molecule has 0 bridgehead atoms. The standard InChI is InChI=1S/C20H29N7O2/c1-11-17(18(22)28)19(26-14-6-7-16-13(8-14)10-24-29-16)27-20(25-11)23-9-12-4-2-3-5-15(12)21/h6-8,10-12,15,18,26,28H,2-5,9,21-22H2,1H3,(H2,23,25,27)/t11?,12-,15-,18?/m0/s1. The Balaban J connectivity index is 1.54. The predicted octanol–water partition coefficient (Wildman–Crippen LogP) is 1.18. The van der Waals surface area contributed by atoms with Gasteiger partial charge in [0.15, 0.2) is 11.5 Å². The van der Waals surface area contributed by atoms with Crippen LogP contribution in [0, 0.1) is 5.92 Å². The van der Waals surface area contributed by atoms with Crippen LogP contribution >= 0.6 is 0 Å². The number of fused-ring (bicyclic) bond motifs is 1. The van der Waals surface area contributed by atoms with E-state index < -0.39 is 6.23 Å². The van der Waals surface area contributed by atoms with Gasteiger partial charge in [0.1, 0.15) is 12.0 Å². The van der Waals surface area contributed by atoms with E-state index >= 15 is 0 Å². The summed E-state index contributed by atoms with van der Waals surface area (Å²) in [6.07, 6.45) is 5.13. The van der Waals surface area contributed by atoms with Crippen molar-refractivity contribution in [2.24, 2.45) is 22.4 Å². The highest BCUT2D eigenvalue weighted by Gasteiger charge is 2.27. The molecule has 2 unspecified atom stereocenters. The van der Waals surface area contributed by atoms with Gasteiger partial charge in [-0.15, -0.1) is 0 Å². The minimum Gasteiger partial charge on any atom is -0.375 e. The lowest BCUT2D eigenvalue weighted by Crippen LogP contribution is -2.53. The molecule has 1 aromatic carbocycles. The molecule has 2 aromatic rings. The Labute approximate surface area is 169 Å². The van der Waals surface area contributed by atoms with Gasteiger partial charge in [0.2, 0.25) is 0 Å². The van der Waals surface area contributed by atoms with E-state index in [1.807, 2.05) is 25.1 Å². The van der Waals surface area contributed by atoms with E-state index in [0.717, 1.165) is 23.9 Å². The fourth-order valence-electron chi connectivity index (χ4n) is 4.08. The van der Waals surface area contributed by atoms with Crippen LogP contribution in [-0.2, 0) is 0 Å². The lowest BCUT2D eigenvalue weighted by Gasteiger charge is -2.33. The van der Waals surface area contributed by atoms with Gasteiger partial charge in [-0.05, 0) is 43.9 Å². The lowest BCUT2D eigenvalue weighted by atomic mass is 9.85. The molecule has 1 saturated carbocycles. The largest absolute Gasteiger partial charge is 0.375 e. The summed E-state index contributed by atoms with van der Waals surface area (Å²) < 4.78 is 5.15. The third-order valence-corrected chi connectivity index (χ3v) is 5.74. The number of aliphatic imine (C=N–C) groups is 1. The molecule has 156 valence electrons. The van der Waals surface area contributed by atoms with Crippen molar-refractivity contribution in [2.45, 2.75) is 50.9 Å². The van der Waals surface area contributed by atoms with Crippen LogP contribution < -0.4 is 27.4 Å². The van der Waals surface area contributed by atoms with Gasteiger partial charge in [-0.1, -0.05) is 18.0 Å². The molecule has 1 aliphatic carbocycles. The van der Waals surface area contributed by atoms with Gasteiger partial charge < -0.3 is 37.0 Å². The second-order valence-electron chi connectivity index (χ2n) is 7.87. The molecule has 0 amide bonds. The van der Waals surface area contributed by atoms with Crippen molar-refractivity contribution in [3.05, 3.63) is 35.8 Å². The molecule has 0 saturated heterocycles. The van der Waals surface area contributed by atoms with Gasteiger partial charge in [-0.3, -0.25) is 4.99 Å². The summed E-state index contributed by atoms with van der Waals surface area (Å²) >= 11 is 0. The maximum absolute atomic E-state index is 10.1. The van der Waals surface area contributed by atoms with Crippen LogP contribution in [0.1, 0.15) is 32.6 Å². The fourth-order valence-corrected chi connectivity index (χ4v) is 4.08. The Morgan fingerprint density at radius 1 is 1.38 bits per heavy atom. The van der Waals surface area contributed by atoms with E-state index in [-0.39, 0.29) is 12.1 Å². The molecule has 2 heterocycles. The summed E-state index contributed by atoms with van der Waals surface area (Å²) in [7, 11) is 0. The van der Waals surface area contributed by atoms with Crippen LogP contribution in [0.3, 0.4) is 0 Å². The Kier molecular flexibility index (Phi) is 5.70. The highest BCUT2D eigenvalue weighted by atomic mass is 16.5. The maximum Gasteiger partial charge on any atom is 0.197 e. The van der Waals surface area contributed by atoms with Gasteiger partial charge in [0.25, 0.3) is 0 Å². The number of hydrogen-bond donors (Lipinski definition) is 6. The molecule has 2 aliphatic rings. The fraction of sp³-hybridized carbons (Fsp3) is 0.500. The number of guanidine groups is 1. The second kappa shape index (κ2) is 8.40. The lowest BCUT2D eigenvalue weighted by molar-refractivity contribution is 0.208. The van der Waals surface area contributed by atoms with Gasteiger partial charge in [0.05, 0.1) is 12.2 Å². The molecular formula is C20H29N7O2. The van der Waals surface area contributed by atoms with E-state index in [2.05, 4.69) is 21.1 Å². The first kappa shape index (κ1) is 19.7. The summed E-state index contributed by atoms with van der Waals surface area (Å²) in [5.41, 5.74) is 14.2. The van der Waals surface area contributed by atoms with Crippen LogP contribution in [0.5, 0.6) is 0 Å². The zero-order valence-corrected chi connectivity index (χ0v) is 16.6. The molecule has 1 fully saturated rings. The highest BCUT2D eigenvalue weighted by Crippen LogP contribution is 2.24. The number of aromatic nitrogens is 1. The summed E-state index contributed by atoms with van der Waals surface area (Å²) in [4.78, 5) is 4.73. The Morgan fingerprint density at radius 2 is 2.21 bits per heavy atom. The monoisotopic (exact) mass is 399 g/mol.